The third-order valence-electron chi connectivity index (χ3n) is 9.28. The average Bonchev–Trinajstić information content (AvgIpc) is 3.42. The fourth-order valence-corrected chi connectivity index (χ4v) is 8.74. The Morgan fingerprint density at radius 3 is 2.49 bits per heavy atom. The van der Waals surface area contributed by atoms with Gasteiger partial charge in [-0.1, -0.05) is 58.6 Å². The highest BCUT2D eigenvalue weighted by Crippen LogP contribution is 2.30. The Labute approximate surface area is 272 Å². The van der Waals surface area contributed by atoms with Crippen LogP contribution < -0.4 is 10.6 Å². The second kappa shape index (κ2) is 16.3. The Balaban J connectivity index is 1.42. The van der Waals surface area contributed by atoms with Gasteiger partial charge in [-0.15, -0.1) is 11.3 Å². The SMILES string of the molecule is C=C(CN1CCS(=O)(=O)CC1)C(=O)CC[C@H](CC1CCCCC1)NC(=O)[C@@H](CC(=O)NC)Cc1nc2ccc(C(C)C)cc2s1. The fraction of sp³-hybridized carbons (Fsp3) is 0.647. The highest BCUT2D eigenvalue weighted by Gasteiger charge is 2.29. The van der Waals surface area contributed by atoms with Crippen molar-refractivity contribution in [3.8, 4) is 0 Å². The Hall–Kier alpha value is -2.63. The molecule has 2 heterocycles. The quantitative estimate of drug-likeness (QED) is 0.263. The summed E-state index contributed by atoms with van der Waals surface area (Å²) in [7, 11) is -1.41. The summed E-state index contributed by atoms with van der Waals surface area (Å²) in [5, 5.41) is 6.75. The van der Waals surface area contributed by atoms with Crippen LogP contribution >= 0.6 is 11.3 Å². The summed E-state index contributed by atoms with van der Waals surface area (Å²) in [4.78, 5) is 46.2. The summed E-state index contributed by atoms with van der Waals surface area (Å²) in [6.07, 6.45) is 7.84. The number of nitrogens with one attached hydrogen (secondary N) is 2. The molecule has 0 unspecified atom stereocenters. The maximum absolute atomic E-state index is 13.8. The van der Waals surface area contributed by atoms with Gasteiger partial charge in [0.05, 0.1) is 32.6 Å². The van der Waals surface area contributed by atoms with Crippen LogP contribution in [0.25, 0.3) is 10.2 Å². The van der Waals surface area contributed by atoms with Gasteiger partial charge in [-0.3, -0.25) is 19.3 Å². The average molecular weight is 659 g/mol. The minimum absolute atomic E-state index is 0.0523. The van der Waals surface area contributed by atoms with Crippen LogP contribution in [0.15, 0.2) is 30.4 Å². The first-order valence-electron chi connectivity index (χ1n) is 16.5. The van der Waals surface area contributed by atoms with E-state index in [9.17, 15) is 22.8 Å². The van der Waals surface area contributed by atoms with E-state index in [0.29, 0.717) is 49.9 Å². The van der Waals surface area contributed by atoms with Gasteiger partial charge >= 0.3 is 0 Å². The molecule has 2 amide bonds. The number of Topliss-reactive ketones (excluding diaryl/α,β-unsaturated/α-hetero) is 1. The summed E-state index contributed by atoms with van der Waals surface area (Å²) >= 11 is 1.57. The lowest BCUT2D eigenvalue weighted by Crippen LogP contribution is -2.43. The number of fused-ring (bicyclic) bond motifs is 1. The van der Waals surface area contributed by atoms with E-state index >= 15 is 0 Å². The molecule has 248 valence electrons. The van der Waals surface area contributed by atoms with Crippen molar-refractivity contribution >= 4 is 49.0 Å². The molecule has 1 saturated carbocycles. The van der Waals surface area contributed by atoms with Gasteiger partial charge in [-0.25, -0.2) is 13.4 Å². The molecule has 0 spiro atoms. The highest BCUT2D eigenvalue weighted by molar-refractivity contribution is 7.91. The predicted molar refractivity (Wildman–Crippen MR) is 181 cm³/mol. The van der Waals surface area contributed by atoms with Crippen LogP contribution in [-0.2, 0) is 30.6 Å². The molecule has 1 aromatic carbocycles. The second-order valence-corrected chi connectivity index (χ2v) is 16.6. The molecule has 1 aliphatic heterocycles. The van der Waals surface area contributed by atoms with Gasteiger partial charge in [-0.2, -0.15) is 0 Å². The lowest BCUT2D eigenvalue weighted by molar-refractivity contribution is -0.130. The van der Waals surface area contributed by atoms with E-state index in [1.54, 1.807) is 18.4 Å². The smallest absolute Gasteiger partial charge is 0.224 e. The molecule has 2 N–H and O–H groups in total. The number of amides is 2. The van der Waals surface area contributed by atoms with Gasteiger partial charge in [0, 0.05) is 57.6 Å². The summed E-state index contributed by atoms with van der Waals surface area (Å²) in [5.74, 6) is 0.110. The predicted octanol–water partition coefficient (Wildman–Crippen LogP) is 4.81. The molecular formula is C34H50N4O5S2. The number of thiazole rings is 1. The summed E-state index contributed by atoms with van der Waals surface area (Å²) in [6, 6.07) is 6.09. The van der Waals surface area contributed by atoms with E-state index in [0.717, 1.165) is 34.5 Å². The van der Waals surface area contributed by atoms with Crippen LogP contribution in [0, 0.1) is 11.8 Å². The molecule has 0 radical (unpaired) electrons. The molecule has 45 heavy (non-hydrogen) atoms. The van der Waals surface area contributed by atoms with Crippen LogP contribution in [0.4, 0.5) is 0 Å². The molecule has 2 aromatic rings. The number of nitrogens with zero attached hydrogens (tertiary/aromatic N) is 2. The molecule has 2 aliphatic rings. The first kappa shape index (κ1) is 35.2. The summed E-state index contributed by atoms with van der Waals surface area (Å²) in [5.41, 5.74) is 2.62. The van der Waals surface area contributed by atoms with Gasteiger partial charge < -0.3 is 10.6 Å². The number of carbonyl (C=O) groups is 3. The van der Waals surface area contributed by atoms with Gasteiger partial charge in [0.2, 0.25) is 11.8 Å². The van der Waals surface area contributed by atoms with E-state index in [4.69, 9.17) is 4.98 Å². The van der Waals surface area contributed by atoms with Crippen LogP contribution in [0.5, 0.6) is 0 Å². The highest BCUT2D eigenvalue weighted by atomic mass is 32.2. The monoisotopic (exact) mass is 658 g/mol. The lowest BCUT2D eigenvalue weighted by Gasteiger charge is -2.29. The van der Waals surface area contributed by atoms with E-state index in [2.05, 4.69) is 43.2 Å². The summed E-state index contributed by atoms with van der Waals surface area (Å²) in [6.45, 7) is 9.51. The van der Waals surface area contributed by atoms with Crippen molar-refractivity contribution in [3.63, 3.8) is 0 Å². The molecule has 0 bridgehead atoms. The van der Waals surface area contributed by atoms with Crippen LogP contribution in [0.3, 0.4) is 0 Å². The number of benzene rings is 1. The number of ketones is 1. The number of aromatic nitrogens is 1. The first-order chi connectivity index (χ1) is 21.4. The molecule has 4 rings (SSSR count). The van der Waals surface area contributed by atoms with E-state index in [-0.39, 0.29) is 48.0 Å². The minimum Gasteiger partial charge on any atom is -0.359 e. The third-order valence-corrected chi connectivity index (χ3v) is 11.9. The first-order valence-corrected chi connectivity index (χ1v) is 19.1. The minimum atomic E-state index is -2.99. The molecule has 11 heteroatoms. The van der Waals surface area contributed by atoms with E-state index in [1.165, 1.54) is 24.8 Å². The van der Waals surface area contributed by atoms with Crippen molar-refractivity contribution in [3.05, 3.63) is 40.9 Å². The van der Waals surface area contributed by atoms with Gasteiger partial charge in [0.1, 0.15) is 0 Å². The Kier molecular flexibility index (Phi) is 12.7. The maximum atomic E-state index is 13.8. The van der Waals surface area contributed by atoms with Crippen LogP contribution in [-0.4, -0.2) is 80.1 Å². The Morgan fingerprint density at radius 2 is 1.82 bits per heavy atom. The van der Waals surface area contributed by atoms with Crippen LogP contribution in [0.2, 0.25) is 0 Å². The van der Waals surface area contributed by atoms with Gasteiger partial charge in [-0.05, 0) is 42.4 Å². The van der Waals surface area contributed by atoms with Gasteiger partial charge in [0.15, 0.2) is 15.6 Å². The number of hydrogen-bond acceptors (Lipinski definition) is 8. The molecular weight excluding hydrogens is 609 g/mol. The standard InChI is InChI=1S/C34H50N4O5S2/c1-23(2)26-10-12-29-31(19-26)44-33(37-29)21-27(20-32(40)35-4)34(41)36-28(18-25-8-6-5-7-9-25)11-13-30(39)24(3)22-38-14-16-45(42,43)17-15-38/h10,12,19,23,25,27-28H,3,5-9,11,13-18,20-22H2,1-2,4H3,(H,35,40)(H,36,41)/t27-,28+/m0/s1. The topological polar surface area (TPSA) is 126 Å². The molecule has 2 atom stereocenters. The zero-order valence-electron chi connectivity index (χ0n) is 27.1. The van der Waals surface area contributed by atoms with Crippen molar-refractivity contribution in [2.75, 3.05) is 38.2 Å². The van der Waals surface area contributed by atoms with E-state index < -0.39 is 15.8 Å². The number of hydrogen-bond donors (Lipinski definition) is 2. The Bertz CT molecular complexity index is 1450. The summed E-state index contributed by atoms with van der Waals surface area (Å²) < 4.78 is 24.6. The van der Waals surface area contributed by atoms with Crippen molar-refractivity contribution in [2.24, 2.45) is 11.8 Å². The molecule has 1 aliphatic carbocycles. The normalized spacial score (nSPS) is 18.8. The van der Waals surface area contributed by atoms with E-state index in [1.807, 2.05) is 11.0 Å². The molecule has 2 fully saturated rings. The zero-order valence-corrected chi connectivity index (χ0v) is 28.7. The van der Waals surface area contributed by atoms with Crippen LogP contribution in [0.1, 0.15) is 88.1 Å². The molecule has 1 saturated heterocycles. The second-order valence-electron chi connectivity index (χ2n) is 13.2. The van der Waals surface area contributed by atoms with Crippen molar-refractivity contribution in [1.82, 2.24) is 20.5 Å². The number of sulfone groups is 1. The lowest BCUT2D eigenvalue weighted by atomic mass is 9.83. The number of carbonyl (C=O) groups excluding carboxylic acids is 3. The zero-order chi connectivity index (χ0) is 32.6. The molecule has 9 nitrogen and oxygen atoms in total. The van der Waals surface area contributed by atoms with Crippen molar-refractivity contribution < 1.29 is 22.8 Å². The largest absolute Gasteiger partial charge is 0.359 e. The molecule has 1 aromatic heterocycles. The maximum Gasteiger partial charge on any atom is 0.224 e. The third kappa shape index (κ3) is 10.7. The van der Waals surface area contributed by atoms with Gasteiger partial charge in [0.25, 0.3) is 0 Å². The van der Waals surface area contributed by atoms with Crippen molar-refractivity contribution in [1.29, 1.82) is 0 Å². The number of rotatable bonds is 15. The van der Waals surface area contributed by atoms with Crippen molar-refractivity contribution in [2.45, 2.75) is 90.0 Å². The Morgan fingerprint density at radius 1 is 1.11 bits per heavy atom. The fourth-order valence-electron chi connectivity index (χ4n) is 6.37.